The fraction of sp³-hybridized carbons (Fsp3) is 0.375. The van der Waals surface area contributed by atoms with Crippen molar-refractivity contribution in [2.24, 2.45) is 5.41 Å². The quantitative estimate of drug-likeness (QED) is 0.439. The molecule has 158 valence electrons. The smallest absolute Gasteiger partial charge is 0.250 e. The first kappa shape index (κ1) is 20.1. The molecule has 0 saturated carbocycles. The molecule has 0 aliphatic rings. The molecule has 1 amide bonds. The summed E-state index contributed by atoms with van der Waals surface area (Å²) in [7, 11) is 0. The van der Waals surface area contributed by atoms with Crippen molar-refractivity contribution in [3.05, 3.63) is 54.1 Å². The minimum Gasteiger partial charge on any atom is -0.506 e. The number of nitrogens with one attached hydrogen (secondary N) is 1. The third kappa shape index (κ3) is 3.36. The summed E-state index contributed by atoms with van der Waals surface area (Å²) < 4.78 is 3.97. The number of phenolic OH excluding ortho intramolecular Hbond substituents is 1. The molecule has 0 aliphatic carbocycles. The number of fused-ring (bicyclic) bond motifs is 4. The standard InChI is InChI=1S/C24H30N4O2/c1-15(2)22(30)25-17-9-10-18-19(13-17)27-26(18)28(27)20-12-16(8-11-21(20)29)24(6,7)14-23(3,4)5/h8-13,29H,1,14H2,2-7H3,(H,25,30). The number of hydrogen-bond acceptors (Lipinski definition) is 2. The molecule has 0 bridgehead atoms. The maximum absolute atomic E-state index is 11.9. The topological polar surface area (TPSA) is 63.1 Å². The molecule has 0 aliphatic heterocycles. The highest BCUT2D eigenvalue weighted by Gasteiger charge is 2.30. The van der Waals surface area contributed by atoms with Gasteiger partial charge in [-0.2, -0.15) is 0 Å². The Morgan fingerprint density at radius 1 is 1.03 bits per heavy atom. The first-order valence-electron chi connectivity index (χ1n) is 10.2. The lowest BCUT2D eigenvalue weighted by Crippen LogP contribution is -2.24. The fourth-order valence-corrected chi connectivity index (χ4v) is 4.40. The molecule has 6 nitrogen and oxygen atoms in total. The van der Waals surface area contributed by atoms with Crippen LogP contribution in [0, 0.1) is 5.41 Å². The summed E-state index contributed by atoms with van der Waals surface area (Å²) in [5.74, 6) is 0.0432. The SMILES string of the molecule is C=C(C)C(=O)Nc1ccc2c(c1)n1n(-c3cc(C(C)(C)CC(C)(C)C)ccc3O)n21. The highest BCUT2D eigenvalue weighted by molar-refractivity contribution is 6.03. The number of carbonyl (C=O) groups excluding carboxylic acids is 1. The number of carbonyl (C=O) groups is 1. The molecule has 6 heteroatoms. The second-order valence-corrected chi connectivity index (χ2v) is 10.1. The summed E-state index contributed by atoms with van der Waals surface area (Å²) >= 11 is 0. The fourth-order valence-electron chi connectivity index (χ4n) is 4.40. The van der Waals surface area contributed by atoms with E-state index < -0.39 is 0 Å². The highest BCUT2D eigenvalue weighted by Crippen LogP contribution is 2.39. The van der Waals surface area contributed by atoms with Gasteiger partial charge in [-0.25, -0.2) is 0 Å². The lowest BCUT2D eigenvalue weighted by Gasteiger charge is -2.33. The molecule has 2 aromatic heterocycles. The Kier molecular flexibility index (Phi) is 4.31. The molecule has 0 radical (unpaired) electrons. The molecule has 4 aromatic rings. The predicted octanol–water partition coefficient (Wildman–Crippen LogP) is 5.35. The van der Waals surface area contributed by atoms with Gasteiger partial charge in [-0.15, -0.1) is 14.1 Å². The van der Waals surface area contributed by atoms with E-state index in [9.17, 15) is 9.90 Å². The summed E-state index contributed by atoms with van der Waals surface area (Å²) in [6, 6.07) is 11.6. The van der Waals surface area contributed by atoms with E-state index in [0.29, 0.717) is 5.57 Å². The van der Waals surface area contributed by atoms with Crippen molar-refractivity contribution in [2.75, 3.05) is 5.32 Å². The number of anilines is 1. The Bertz CT molecular complexity index is 1260. The van der Waals surface area contributed by atoms with Gasteiger partial charge in [0.1, 0.15) is 22.5 Å². The molecule has 2 N–H and O–H groups in total. The van der Waals surface area contributed by atoms with Gasteiger partial charge in [0, 0.05) is 11.3 Å². The molecule has 0 spiro atoms. The Labute approximate surface area is 176 Å². The van der Waals surface area contributed by atoms with Crippen LogP contribution in [0.4, 0.5) is 5.69 Å². The summed E-state index contributed by atoms with van der Waals surface area (Å²) in [5.41, 5.74) is 5.32. The zero-order valence-corrected chi connectivity index (χ0v) is 18.6. The van der Waals surface area contributed by atoms with Gasteiger partial charge in [0.25, 0.3) is 5.91 Å². The summed E-state index contributed by atoms with van der Waals surface area (Å²) in [5, 5.41) is 13.4. The van der Waals surface area contributed by atoms with Crippen LogP contribution in [0.25, 0.3) is 16.7 Å². The zero-order valence-electron chi connectivity index (χ0n) is 18.6. The van der Waals surface area contributed by atoms with Crippen LogP contribution in [0.2, 0.25) is 0 Å². The van der Waals surface area contributed by atoms with Crippen molar-refractivity contribution in [2.45, 2.75) is 53.4 Å². The van der Waals surface area contributed by atoms with Crippen molar-refractivity contribution in [3.8, 4) is 11.4 Å². The van der Waals surface area contributed by atoms with Crippen LogP contribution in [0.1, 0.15) is 53.5 Å². The zero-order chi connectivity index (χ0) is 22.0. The molecule has 0 atom stereocenters. The van der Waals surface area contributed by atoms with Crippen LogP contribution in [-0.4, -0.2) is 25.1 Å². The molecule has 2 heterocycles. The first-order chi connectivity index (χ1) is 13.9. The minimum atomic E-state index is -0.194. The van der Waals surface area contributed by atoms with Crippen molar-refractivity contribution >= 4 is 22.6 Å². The molecular weight excluding hydrogens is 376 g/mol. The Morgan fingerprint density at radius 3 is 2.33 bits per heavy atom. The lowest BCUT2D eigenvalue weighted by atomic mass is 9.72. The van der Waals surface area contributed by atoms with Crippen molar-refractivity contribution in [3.63, 3.8) is 0 Å². The van der Waals surface area contributed by atoms with Crippen LogP contribution in [0.3, 0.4) is 0 Å². The second kappa shape index (κ2) is 6.42. The van der Waals surface area contributed by atoms with E-state index in [1.165, 1.54) is 5.56 Å². The van der Waals surface area contributed by atoms with Crippen molar-refractivity contribution in [1.82, 2.24) is 14.1 Å². The van der Waals surface area contributed by atoms with Crippen LogP contribution >= 0.6 is 0 Å². The highest BCUT2D eigenvalue weighted by atomic mass is 16.3. The van der Waals surface area contributed by atoms with E-state index >= 15 is 0 Å². The lowest BCUT2D eigenvalue weighted by molar-refractivity contribution is -0.112. The first-order valence-corrected chi connectivity index (χ1v) is 10.2. The number of benzene rings is 2. The average Bonchev–Trinajstić information content (AvgIpc) is 3.27. The van der Waals surface area contributed by atoms with Gasteiger partial charge in [0.2, 0.25) is 0 Å². The number of aromatic hydroxyl groups is 1. The molecule has 0 fully saturated rings. The Morgan fingerprint density at radius 2 is 1.70 bits per heavy atom. The van der Waals surface area contributed by atoms with E-state index in [1.807, 2.05) is 38.3 Å². The number of rotatable bonds is 5. The van der Waals surface area contributed by atoms with Gasteiger partial charge in [0.05, 0.1) is 0 Å². The summed E-state index contributed by atoms with van der Waals surface area (Å²) in [6.07, 6.45) is 1.03. The van der Waals surface area contributed by atoms with Gasteiger partial charge >= 0.3 is 0 Å². The predicted molar refractivity (Wildman–Crippen MR) is 121 cm³/mol. The average molecular weight is 407 g/mol. The van der Waals surface area contributed by atoms with Gasteiger partial charge < -0.3 is 10.4 Å². The van der Waals surface area contributed by atoms with Crippen molar-refractivity contribution < 1.29 is 9.90 Å². The van der Waals surface area contributed by atoms with Crippen molar-refractivity contribution in [1.29, 1.82) is 0 Å². The molecule has 0 saturated heterocycles. The maximum Gasteiger partial charge on any atom is 0.250 e. The van der Waals surface area contributed by atoms with Gasteiger partial charge in [-0.1, -0.05) is 47.3 Å². The van der Waals surface area contributed by atoms with Crippen LogP contribution < -0.4 is 5.32 Å². The molecular formula is C24H30N4O2. The summed E-state index contributed by atoms with van der Waals surface area (Å²) in [4.78, 5) is 13.8. The molecule has 4 rings (SSSR count). The largest absolute Gasteiger partial charge is 0.506 e. The third-order valence-corrected chi connectivity index (χ3v) is 5.50. The number of phenols is 1. The van der Waals surface area contributed by atoms with Gasteiger partial charge in [-0.3, -0.25) is 4.79 Å². The van der Waals surface area contributed by atoms with Crippen LogP contribution in [0.15, 0.2) is 48.6 Å². The minimum absolute atomic E-state index is 0.0206. The second-order valence-electron chi connectivity index (χ2n) is 10.1. The van der Waals surface area contributed by atoms with Crippen LogP contribution in [0.5, 0.6) is 5.75 Å². The number of amides is 1. The maximum atomic E-state index is 11.9. The Hall–Kier alpha value is -3.15. The molecule has 2 aromatic carbocycles. The number of aromatic nitrogens is 3. The number of hydrogen-bond donors (Lipinski definition) is 2. The van der Waals surface area contributed by atoms with E-state index in [0.717, 1.165) is 28.8 Å². The van der Waals surface area contributed by atoms with E-state index in [4.69, 9.17) is 0 Å². The van der Waals surface area contributed by atoms with E-state index in [2.05, 4.69) is 52.6 Å². The summed E-state index contributed by atoms with van der Waals surface area (Å²) in [6.45, 7) is 16.6. The Balaban J connectivity index is 1.70. The van der Waals surface area contributed by atoms with Crippen LogP contribution in [-0.2, 0) is 10.2 Å². The van der Waals surface area contributed by atoms with E-state index in [1.54, 1.807) is 13.0 Å². The third-order valence-electron chi connectivity index (χ3n) is 5.50. The van der Waals surface area contributed by atoms with Gasteiger partial charge in [-0.05, 0) is 60.1 Å². The normalized spacial score (nSPS) is 12.9. The van der Waals surface area contributed by atoms with Gasteiger partial charge in [0.15, 0.2) is 0 Å². The monoisotopic (exact) mass is 406 g/mol. The number of nitrogens with zero attached hydrogens (tertiary/aromatic N) is 3. The van der Waals surface area contributed by atoms with E-state index in [-0.39, 0.29) is 22.5 Å². The molecule has 0 unspecified atom stereocenters. The molecule has 30 heavy (non-hydrogen) atoms.